The van der Waals surface area contributed by atoms with Gasteiger partial charge in [-0.05, 0) is 69.5 Å². The van der Waals surface area contributed by atoms with Gasteiger partial charge in [0.1, 0.15) is 17.2 Å². The van der Waals surface area contributed by atoms with Gasteiger partial charge >= 0.3 is 12.1 Å². The van der Waals surface area contributed by atoms with Crippen LogP contribution < -0.4 is 10.1 Å². The zero-order valence-electron chi connectivity index (χ0n) is 22.7. The number of methoxy groups -OCH3 is 1. The molecule has 40 heavy (non-hydrogen) atoms. The van der Waals surface area contributed by atoms with Crippen molar-refractivity contribution in [2.75, 3.05) is 19.0 Å². The van der Waals surface area contributed by atoms with Crippen LogP contribution in [0.4, 0.5) is 14.3 Å². The molecular formula is C28H30FN3O7S. The van der Waals surface area contributed by atoms with Crippen molar-refractivity contribution in [3.05, 3.63) is 64.4 Å². The number of rotatable bonds is 6. The molecule has 1 atom stereocenters. The standard InChI is InChI=1S/C28H30FN3O7S/c1-27(2,3)39-26(36)32-10-8-16-12-21(33)22(38-17-6-7-18(20(29)13-17)24(35)37-5)14-19(16)28(32,4)15-23(34)31-25-30-9-11-40-25/h6-7,9,11-14,33H,8,10,15H2,1-5H3,(H,30,31,34)/t28-/m1/s1. The highest BCUT2D eigenvalue weighted by Crippen LogP contribution is 2.44. The lowest BCUT2D eigenvalue weighted by molar-refractivity contribution is -0.119. The van der Waals surface area contributed by atoms with Gasteiger partial charge in [-0.2, -0.15) is 0 Å². The Kier molecular flexibility index (Phi) is 8.01. The quantitative estimate of drug-likeness (QED) is 0.366. The first-order valence-corrected chi connectivity index (χ1v) is 13.3. The van der Waals surface area contributed by atoms with Crippen LogP contribution in [-0.2, 0) is 26.2 Å². The largest absolute Gasteiger partial charge is 0.504 e. The van der Waals surface area contributed by atoms with Gasteiger partial charge in [-0.15, -0.1) is 11.3 Å². The molecule has 0 saturated carbocycles. The number of carbonyl (C=O) groups is 3. The third-order valence-corrected chi connectivity index (χ3v) is 7.03. The Hall–Kier alpha value is -4.19. The van der Waals surface area contributed by atoms with Crippen LogP contribution in [0, 0.1) is 5.82 Å². The Morgan fingerprint density at radius 1 is 1.23 bits per heavy atom. The molecule has 2 amide bonds. The smallest absolute Gasteiger partial charge is 0.411 e. The third-order valence-electron chi connectivity index (χ3n) is 6.34. The second-order valence-corrected chi connectivity index (χ2v) is 11.3. The van der Waals surface area contributed by atoms with E-state index in [0.717, 1.165) is 13.2 Å². The summed E-state index contributed by atoms with van der Waals surface area (Å²) in [6, 6.07) is 6.61. The number of anilines is 1. The topological polar surface area (TPSA) is 127 Å². The number of benzene rings is 2. The molecule has 1 aliphatic rings. The van der Waals surface area contributed by atoms with Gasteiger partial charge < -0.3 is 24.6 Å². The van der Waals surface area contributed by atoms with Crippen molar-refractivity contribution in [2.24, 2.45) is 0 Å². The van der Waals surface area contributed by atoms with E-state index in [4.69, 9.17) is 9.47 Å². The average molecular weight is 572 g/mol. The van der Waals surface area contributed by atoms with Gasteiger partial charge in [-0.25, -0.2) is 19.0 Å². The monoisotopic (exact) mass is 571 g/mol. The van der Waals surface area contributed by atoms with Crippen LogP contribution in [0.2, 0.25) is 0 Å². The summed E-state index contributed by atoms with van der Waals surface area (Å²) in [5.41, 5.74) is -0.982. The Morgan fingerprint density at radius 3 is 2.60 bits per heavy atom. The van der Waals surface area contributed by atoms with Crippen molar-refractivity contribution in [1.82, 2.24) is 9.88 Å². The molecule has 12 heteroatoms. The number of aromatic hydroxyl groups is 1. The third kappa shape index (κ3) is 6.17. The van der Waals surface area contributed by atoms with Gasteiger partial charge in [0.25, 0.3) is 0 Å². The summed E-state index contributed by atoms with van der Waals surface area (Å²) in [5, 5.41) is 15.6. The summed E-state index contributed by atoms with van der Waals surface area (Å²) in [6.07, 6.45) is 1.21. The fourth-order valence-corrected chi connectivity index (χ4v) is 5.09. The van der Waals surface area contributed by atoms with E-state index in [1.807, 2.05) is 0 Å². The Bertz CT molecular complexity index is 1440. The molecule has 2 aromatic carbocycles. The molecule has 1 aliphatic heterocycles. The number of carbonyl (C=O) groups excluding carboxylic acids is 3. The van der Waals surface area contributed by atoms with Crippen molar-refractivity contribution in [1.29, 1.82) is 0 Å². The maximum Gasteiger partial charge on any atom is 0.411 e. The minimum absolute atomic E-state index is 0.0171. The first kappa shape index (κ1) is 28.8. The SMILES string of the molecule is COC(=O)c1ccc(Oc2cc3c(cc2O)CCN(C(=O)OC(C)(C)C)[C@]3(C)CC(=O)Nc2nccs2)cc1F. The lowest BCUT2D eigenvalue weighted by Gasteiger charge is -2.46. The number of amides is 2. The van der Waals surface area contributed by atoms with E-state index in [9.17, 15) is 23.9 Å². The van der Waals surface area contributed by atoms with E-state index >= 15 is 0 Å². The first-order valence-electron chi connectivity index (χ1n) is 12.4. The molecule has 0 aliphatic carbocycles. The molecule has 0 unspecified atom stereocenters. The van der Waals surface area contributed by atoms with Crippen molar-refractivity contribution < 1.29 is 38.1 Å². The molecule has 0 radical (unpaired) electrons. The number of ether oxygens (including phenoxy) is 3. The number of phenolic OH excluding ortho intramolecular Hbond substituents is 1. The highest BCUT2D eigenvalue weighted by atomic mass is 32.1. The number of hydrogen-bond donors (Lipinski definition) is 2. The van der Waals surface area contributed by atoms with E-state index in [0.29, 0.717) is 22.7 Å². The van der Waals surface area contributed by atoms with Crippen LogP contribution in [0.1, 0.15) is 55.6 Å². The van der Waals surface area contributed by atoms with Crippen molar-refractivity contribution in [3.63, 3.8) is 0 Å². The van der Waals surface area contributed by atoms with Crippen LogP contribution >= 0.6 is 11.3 Å². The lowest BCUT2D eigenvalue weighted by Crippen LogP contribution is -2.54. The Balaban J connectivity index is 1.72. The number of hydrogen-bond acceptors (Lipinski definition) is 9. The Labute approximate surface area is 234 Å². The van der Waals surface area contributed by atoms with Gasteiger partial charge in [0, 0.05) is 24.2 Å². The van der Waals surface area contributed by atoms with E-state index in [-0.39, 0.29) is 41.7 Å². The molecule has 0 spiro atoms. The molecule has 2 heterocycles. The average Bonchev–Trinajstić information content (AvgIpc) is 3.36. The molecule has 4 rings (SSSR count). The molecule has 0 fully saturated rings. The fraction of sp³-hybridized carbons (Fsp3) is 0.357. The number of nitrogens with one attached hydrogen (secondary N) is 1. The molecule has 0 bridgehead atoms. The summed E-state index contributed by atoms with van der Waals surface area (Å²) in [5.74, 6) is -2.30. The molecule has 0 saturated heterocycles. The molecule has 1 aromatic heterocycles. The normalized spacial score (nSPS) is 16.6. The second kappa shape index (κ2) is 11.1. The van der Waals surface area contributed by atoms with Gasteiger partial charge in [-0.3, -0.25) is 9.69 Å². The summed E-state index contributed by atoms with van der Waals surface area (Å²) < 4.78 is 30.5. The van der Waals surface area contributed by atoms with E-state index < -0.39 is 29.0 Å². The zero-order chi connectivity index (χ0) is 29.2. The minimum atomic E-state index is -1.21. The van der Waals surface area contributed by atoms with Gasteiger partial charge in [0.15, 0.2) is 16.6 Å². The fourth-order valence-electron chi connectivity index (χ4n) is 4.55. The van der Waals surface area contributed by atoms with Gasteiger partial charge in [-0.1, -0.05) is 0 Å². The number of aromatic nitrogens is 1. The summed E-state index contributed by atoms with van der Waals surface area (Å²) in [4.78, 5) is 43.8. The van der Waals surface area contributed by atoms with E-state index in [1.54, 1.807) is 39.3 Å². The van der Waals surface area contributed by atoms with Crippen LogP contribution in [0.3, 0.4) is 0 Å². The number of phenols is 1. The number of esters is 1. The minimum Gasteiger partial charge on any atom is -0.504 e. The van der Waals surface area contributed by atoms with E-state index in [2.05, 4.69) is 15.0 Å². The van der Waals surface area contributed by atoms with Crippen LogP contribution in [0.15, 0.2) is 41.9 Å². The predicted octanol–water partition coefficient (Wildman–Crippen LogP) is 5.60. The number of fused-ring (bicyclic) bond motifs is 1. The second-order valence-electron chi connectivity index (χ2n) is 10.4. The number of nitrogens with zero attached hydrogens (tertiary/aromatic N) is 2. The van der Waals surface area contributed by atoms with Crippen molar-refractivity contribution in [2.45, 2.75) is 51.7 Å². The van der Waals surface area contributed by atoms with Crippen molar-refractivity contribution in [3.8, 4) is 17.2 Å². The highest BCUT2D eigenvalue weighted by Gasteiger charge is 2.45. The summed E-state index contributed by atoms with van der Waals surface area (Å²) in [6.45, 7) is 7.24. The number of halogens is 1. The molecular weight excluding hydrogens is 541 g/mol. The van der Waals surface area contributed by atoms with Gasteiger partial charge in [0.05, 0.1) is 24.6 Å². The molecule has 3 aromatic rings. The first-order chi connectivity index (χ1) is 18.8. The zero-order valence-corrected chi connectivity index (χ0v) is 23.6. The molecule has 2 N–H and O–H groups in total. The van der Waals surface area contributed by atoms with E-state index in [1.165, 1.54) is 40.5 Å². The van der Waals surface area contributed by atoms with Crippen LogP contribution in [-0.4, -0.2) is 52.2 Å². The predicted molar refractivity (Wildman–Crippen MR) is 145 cm³/mol. The maximum absolute atomic E-state index is 14.5. The number of thiazole rings is 1. The summed E-state index contributed by atoms with van der Waals surface area (Å²) >= 11 is 1.26. The van der Waals surface area contributed by atoms with Crippen LogP contribution in [0.25, 0.3) is 0 Å². The maximum atomic E-state index is 14.5. The highest BCUT2D eigenvalue weighted by molar-refractivity contribution is 7.13. The summed E-state index contributed by atoms with van der Waals surface area (Å²) in [7, 11) is 1.14. The van der Waals surface area contributed by atoms with Crippen molar-refractivity contribution >= 4 is 34.4 Å². The molecule has 10 nitrogen and oxygen atoms in total. The molecule has 212 valence electrons. The Morgan fingerprint density at radius 2 is 1.98 bits per heavy atom. The van der Waals surface area contributed by atoms with Crippen LogP contribution in [0.5, 0.6) is 17.2 Å². The lowest BCUT2D eigenvalue weighted by atomic mass is 9.79. The van der Waals surface area contributed by atoms with Gasteiger partial charge in [0.2, 0.25) is 5.91 Å².